The monoisotopic (exact) mass is 360 g/mol. The fourth-order valence-corrected chi connectivity index (χ4v) is 2.68. The largest absolute Gasteiger partial charge is 0.494 e. The first-order valence-corrected chi connectivity index (χ1v) is 8.50. The van der Waals surface area contributed by atoms with Gasteiger partial charge in [0, 0.05) is 11.8 Å². The summed E-state index contributed by atoms with van der Waals surface area (Å²) in [4.78, 5) is 0. The van der Waals surface area contributed by atoms with Gasteiger partial charge in [-0.25, -0.2) is 0 Å². The van der Waals surface area contributed by atoms with Crippen LogP contribution in [-0.4, -0.2) is 25.9 Å². The smallest absolute Gasteiger partial charge is 0.171 e. The number of ether oxygens (including phenoxy) is 3. The molecule has 0 radical (unpaired) electrons. The minimum Gasteiger partial charge on any atom is -0.494 e. The zero-order valence-electron chi connectivity index (χ0n) is 15.0. The summed E-state index contributed by atoms with van der Waals surface area (Å²) in [6.45, 7) is 4.68. The molecular formula is C19H24N2O3S. The van der Waals surface area contributed by atoms with Gasteiger partial charge in [-0.1, -0.05) is 12.1 Å². The lowest BCUT2D eigenvalue weighted by molar-refractivity contribution is 0.340. The third-order valence-electron chi connectivity index (χ3n) is 3.68. The van der Waals surface area contributed by atoms with Gasteiger partial charge in [0.25, 0.3) is 0 Å². The lowest BCUT2D eigenvalue weighted by atomic mass is 10.1. The standard InChI is InChI=1S/C19H24N2O3S/c1-5-24-16-9-6-14(7-10-16)13(2)20-19(25)21-15-8-11-17(22-3)18(12-15)23-4/h6-13H,5H2,1-4H3,(H2,20,21,25). The molecule has 0 amide bonds. The van der Waals surface area contributed by atoms with E-state index in [4.69, 9.17) is 26.4 Å². The highest BCUT2D eigenvalue weighted by Gasteiger charge is 2.09. The van der Waals surface area contributed by atoms with Gasteiger partial charge in [-0.3, -0.25) is 0 Å². The van der Waals surface area contributed by atoms with Gasteiger partial charge in [-0.15, -0.1) is 0 Å². The second-order valence-electron chi connectivity index (χ2n) is 5.39. The zero-order chi connectivity index (χ0) is 18.2. The van der Waals surface area contributed by atoms with Crippen molar-refractivity contribution in [1.82, 2.24) is 5.32 Å². The molecule has 0 aliphatic rings. The first kappa shape index (κ1) is 18.9. The molecule has 5 nitrogen and oxygen atoms in total. The molecule has 2 rings (SSSR count). The van der Waals surface area contributed by atoms with Crippen LogP contribution in [-0.2, 0) is 0 Å². The summed E-state index contributed by atoms with van der Waals surface area (Å²) < 4.78 is 16.0. The van der Waals surface area contributed by atoms with Crippen LogP contribution in [0.25, 0.3) is 0 Å². The summed E-state index contributed by atoms with van der Waals surface area (Å²) in [5.74, 6) is 2.19. The molecular weight excluding hydrogens is 336 g/mol. The Morgan fingerprint density at radius 3 is 2.32 bits per heavy atom. The molecule has 0 heterocycles. The number of hydrogen-bond acceptors (Lipinski definition) is 4. The maximum Gasteiger partial charge on any atom is 0.171 e. The fourth-order valence-electron chi connectivity index (χ4n) is 2.38. The normalized spacial score (nSPS) is 11.4. The summed E-state index contributed by atoms with van der Waals surface area (Å²) in [5, 5.41) is 6.97. The predicted octanol–water partition coefficient (Wildman–Crippen LogP) is 4.15. The topological polar surface area (TPSA) is 51.8 Å². The van der Waals surface area contributed by atoms with Crippen LogP contribution >= 0.6 is 12.2 Å². The van der Waals surface area contributed by atoms with Crippen molar-refractivity contribution in [1.29, 1.82) is 0 Å². The van der Waals surface area contributed by atoms with E-state index in [-0.39, 0.29) is 6.04 Å². The maximum atomic E-state index is 5.46. The Kier molecular flexibility index (Phi) is 6.89. The van der Waals surface area contributed by atoms with Gasteiger partial charge in [0.1, 0.15) is 5.75 Å². The first-order valence-electron chi connectivity index (χ1n) is 8.09. The van der Waals surface area contributed by atoms with Gasteiger partial charge in [-0.05, 0) is 55.9 Å². The molecule has 134 valence electrons. The highest BCUT2D eigenvalue weighted by Crippen LogP contribution is 2.29. The Morgan fingerprint density at radius 1 is 1.04 bits per heavy atom. The van der Waals surface area contributed by atoms with Crippen LogP contribution in [0, 0.1) is 0 Å². The van der Waals surface area contributed by atoms with E-state index in [1.807, 2.05) is 49.4 Å². The van der Waals surface area contributed by atoms with E-state index in [1.165, 1.54) is 0 Å². The van der Waals surface area contributed by atoms with Crippen molar-refractivity contribution in [3.05, 3.63) is 48.0 Å². The van der Waals surface area contributed by atoms with Crippen LogP contribution in [0.4, 0.5) is 5.69 Å². The molecule has 1 atom stereocenters. The van der Waals surface area contributed by atoms with Crippen molar-refractivity contribution in [2.24, 2.45) is 0 Å². The zero-order valence-corrected chi connectivity index (χ0v) is 15.8. The Balaban J connectivity index is 1.97. The van der Waals surface area contributed by atoms with E-state index >= 15 is 0 Å². The molecule has 2 N–H and O–H groups in total. The number of hydrogen-bond donors (Lipinski definition) is 2. The molecule has 0 aromatic heterocycles. The van der Waals surface area contributed by atoms with Crippen LogP contribution in [0.1, 0.15) is 25.5 Å². The molecule has 2 aromatic carbocycles. The molecule has 0 bridgehead atoms. The molecule has 0 saturated carbocycles. The molecule has 0 saturated heterocycles. The van der Waals surface area contributed by atoms with Gasteiger partial charge in [0.15, 0.2) is 16.6 Å². The Hall–Kier alpha value is -2.47. The molecule has 0 spiro atoms. The maximum absolute atomic E-state index is 5.46. The van der Waals surface area contributed by atoms with E-state index in [0.29, 0.717) is 23.2 Å². The number of methoxy groups -OCH3 is 2. The van der Waals surface area contributed by atoms with E-state index in [0.717, 1.165) is 17.0 Å². The molecule has 1 unspecified atom stereocenters. The van der Waals surface area contributed by atoms with Gasteiger partial charge in [0.05, 0.1) is 26.9 Å². The minimum absolute atomic E-state index is 0.0656. The molecule has 6 heteroatoms. The fraction of sp³-hybridized carbons (Fsp3) is 0.316. The van der Waals surface area contributed by atoms with Crippen LogP contribution in [0.2, 0.25) is 0 Å². The third kappa shape index (κ3) is 5.26. The Labute approximate surface area is 154 Å². The highest BCUT2D eigenvalue weighted by molar-refractivity contribution is 7.80. The van der Waals surface area contributed by atoms with Gasteiger partial charge in [-0.2, -0.15) is 0 Å². The van der Waals surface area contributed by atoms with E-state index in [9.17, 15) is 0 Å². The molecule has 2 aromatic rings. The summed E-state index contributed by atoms with van der Waals surface area (Å²) in [5.41, 5.74) is 1.95. The summed E-state index contributed by atoms with van der Waals surface area (Å²) >= 11 is 5.40. The van der Waals surface area contributed by atoms with Crippen molar-refractivity contribution in [3.8, 4) is 17.2 Å². The predicted molar refractivity (Wildman–Crippen MR) is 105 cm³/mol. The molecule has 0 aliphatic heterocycles. The SMILES string of the molecule is CCOc1ccc(C(C)NC(=S)Nc2ccc(OC)c(OC)c2)cc1. The van der Waals surface area contributed by atoms with Crippen LogP contribution in [0.3, 0.4) is 0 Å². The average Bonchev–Trinajstić information content (AvgIpc) is 2.62. The van der Waals surface area contributed by atoms with Gasteiger partial charge >= 0.3 is 0 Å². The van der Waals surface area contributed by atoms with E-state index in [2.05, 4.69) is 17.6 Å². The van der Waals surface area contributed by atoms with Crippen molar-refractivity contribution < 1.29 is 14.2 Å². The summed E-state index contributed by atoms with van der Waals surface area (Å²) in [6.07, 6.45) is 0. The van der Waals surface area contributed by atoms with Crippen molar-refractivity contribution in [3.63, 3.8) is 0 Å². The molecule has 0 fully saturated rings. The molecule has 0 aliphatic carbocycles. The van der Waals surface area contributed by atoms with Crippen LogP contribution in [0.5, 0.6) is 17.2 Å². The third-order valence-corrected chi connectivity index (χ3v) is 3.90. The average molecular weight is 360 g/mol. The lowest BCUT2D eigenvalue weighted by Gasteiger charge is -2.18. The van der Waals surface area contributed by atoms with Crippen molar-refractivity contribution >= 4 is 23.0 Å². The number of rotatable bonds is 7. The summed E-state index contributed by atoms with van der Waals surface area (Å²) in [6, 6.07) is 13.6. The number of nitrogens with one attached hydrogen (secondary N) is 2. The van der Waals surface area contributed by atoms with Crippen molar-refractivity contribution in [2.45, 2.75) is 19.9 Å². The van der Waals surface area contributed by atoms with Crippen LogP contribution in [0.15, 0.2) is 42.5 Å². The van der Waals surface area contributed by atoms with Crippen LogP contribution < -0.4 is 24.8 Å². The Morgan fingerprint density at radius 2 is 1.72 bits per heavy atom. The van der Waals surface area contributed by atoms with E-state index < -0.39 is 0 Å². The Bertz CT molecular complexity index is 704. The van der Waals surface area contributed by atoms with E-state index in [1.54, 1.807) is 14.2 Å². The number of thiocarbonyl (C=S) groups is 1. The van der Waals surface area contributed by atoms with Gasteiger partial charge < -0.3 is 24.8 Å². The molecule has 25 heavy (non-hydrogen) atoms. The quantitative estimate of drug-likeness (QED) is 0.724. The second kappa shape index (κ2) is 9.13. The van der Waals surface area contributed by atoms with Crippen molar-refractivity contribution in [2.75, 3.05) is 26.1 Å². The first-order chi connectivity index (χ1) is 12.1. The lowest BCUT2D eigenvalue weighted by Crippen LogP contribution is -2.30. The second-order valence-corrected chi connectivity index (χ2v) is 5.80. The minimum atomic E-state index is 0.0656. The van der Waals surface area contributed by atoms with Gasteiger partial charge in [0.2, 0.25) is 0 Å². The highest BCUT2D eigenvalue weighted by atomic mass is 32.1. The summed E-state index contributed by atoms with van der Waals surface area (Å²) in [7, 11) is 3.21. The number of benzene rings is 2. The number of anilines is 1.